The average molecular weight is 246 g/mol. The van der Waals surface area contributed by atoms with Crippen LogP contribution in [0, 0.1) is 6.92 Å². The molecule has 2 N–H and O–H groups in total. The highest BCUT2D eigenvalue weighted by Gasteiger charge is 2.34. The largest absolute Gasteiger partial charge is 0.364 e. The van der Waals surface area contributed by atoms with Crippen LogP contribution in [0.2, 0.25) is 0 Å². The molecule has 0 aromatic heterocycles. The molecule has 2 nitrogen and oxygen atoms in total. The number of nitrogens with two attached hydrogens (primary N) is 1. The van der Waals surface area contributed by atoms with Crippen molar-refractivity contribution in [2.24, 2.45) is 5.73 Å². The zero-order valence-corrected chi connectivity index (χ0v) is 12.2. The van der Waals surface area contributed by atoms with Gasteiger partial charge in [-0.15, -0.1) is 0 Å². The van der Waals surface area contributed by atoms with Crippen molar-refractivity contribution >= 4 is 5.69 Å². The lowest BCUT2D eigenvalue weighted by Gasteiger charge is -2.47. The second kappa shape index (κ2) is 4.93. The minimum Gasteiger partial charge on any atom is -0.364 e. The van der Waals surface area contributed by atoms with Crippen LogP contribution in [0.5, 0.6) is 0 Å². The summed E-state index contributed by atoms with van der Waals surface area (Å²) in [4.78, 5) is 2.54. The molecule has 0 spiro atoms. The van der Waals surface area contributed by atoms with Crippen molar-refractivity contribution in [3.63, 3.8) is 0 Å². The van der Waals surface area contributed by atoms with Gasteiger partial charge in [0.1, 0.15) is 0 Å². The summed E-state index contributed by atoms with van der Waals surface area (Å²) >= 11 is 0. The predicted molar refractivity (Wildman–Crippen MR) is 79.2 cm³/mol. The highest BCUT2D eigenvalue weighted by Crippen LogP contribution is 2.36. The molecule has 0 saturated carbocycles. The van der Waals surface area contributed by atoms with Gasteiger partial charge in [0.2, 0.25) is 0 Å². The second-order valence-electron chi connectivity index (χ2n) is 6.16. The molecule has 1 aromatic rings. The van der Waals surface area contributed by atoms with Crippen molar-refractivity contribution in [2.45, 2.75) is 58.5 Å². The molecule has 100 valence electrons. The Hall–Kier alpha value is -1.02. The van der Waals surface area contributed by atoms with E-state index in [1.165, 1.54) is 23.2 Å². The molecule has 2 rings (SSSR count). The van der Waals surface area contributed by atoms with Crippen LogP contribution >= 0.6 is 0 Å². The van der Waals surface area contributed by atoms with E-state index in [0.717, 1.165) is 19.4 Å². The number of aryl methyl sites for hydroxylation is 2. The quantitative estimate of drug-likeness (QED) is 0.868. The fourth-order valence-electron chi connectivity index (χ4n) is 3.03. The van der Waals surface area contributed by atoms with E-state index in [1.807, 2.05) is 0 Å². The van der Waals surface area contributed by atoms with E-state index in [-0.39, 0.29) is 5.54 Å². The Bertz CT molecular complexity index is 423. The van der Waals surface area contributed by atoms with E-state index in [0.29, 0.717) is 6.04 Å². The number of rotatable bonds is 2. The first-order chi connectivity index (χ1) is 8.45. The number of piperidine rings is 1. The Morgan fingerprint density at radius 3 is 2.78 bits per heavy atom. The molecule has 18 heavy (non-hydrogen) atoms. The highest BCUT2D eigenvalue weighted by atomic mass is 15.2. The average Bonchev–Trinajstić information content (AvgIpc) is 2.32. The third kappa shape index (κ3) is 2.39. The minimum absolute atomic E-state index is 0.214. The van der Waals surface area contributed by atoms with Crippen molar-refractivity contribution in [1.82, 2.24) is 0 Å². The SMILES string of the molecule is CCc1cccc(C)c1N1CC(N)CCC1(C)C. The molecule has 0 amide bonds. The third-order valence-electron chi connectivity index (χ3n) is 4.25. The van der Waals surface area contributed by atoms with Gasteiger partial charge in [0.25, 0.3) is 0 Å². The molecule has 1 aliphatic rings. The monoisotopic (exact) mass is 246 g/mol. The van der Waals surface area contributed by atoms with Crippen molar-refractivity contribution in [1.29, 1.82) is 0 Å². The van der Waals surface area contributed by atoms with Crippen LogP contribution in [0.4, 0.5) is 5.69 Å². The van der Waals surface area contributed by atoms with Crippen molar-refractivity contribution in [3.05, 3.63) is 29.3 Å². The maximum atomic E-state index is 6.18. The van der Waals surface area contributed by atoms with Gasteiger partial charge in [-0.3, -0.25) is 0 Å². The Labute approximate surface area is 111 Å². The zero-order chi connectivity index (χ0) is 13.3. The normalized spacial score (nSPS) is 23.2. The first-order valence-corrected chi connectivity index (χ1v) is 7.07. The number of hydrogen-bond donors (Lipinski definition) is 1. The standard InChI is InChI=1S/C16H26N2/c1-5-13-8-6-7-12(2)15(13)18-11-14(17)9-10-16(18,3)4/h6-8,14H,5,9-11,17H2,1-4H3. The van der Waals surface area contributed by atoms with Crippen molar-refractivity contribution in [3.8, 4) is 0 Å². The number of hydrogen-bond acceptors (Lipinski definition) is 2. The molecule has 0 bridgehead atoms. The minimum atomic E-state index is 0.214. The fraction of sp³-hybridized carbons (Fsp3) is 0.625. The summed E-state index contributed by atoms with van der Waals surface area (Å²) in [5, 5.41) is 0. The van der Waals surface area contributed by atoms with Gasteiger partial charge in [-0.05, 0) is 51.2 Å². The molecule has 1 saturated heterocycles. The van der Waals surface area contributed by atoms with Gasteiger partial charge in [-0.1, -0.05) is 25.1 Å². The Balaban J connectivity index is 2.45. The van der Waals surface area contributed by atoms with Crippen molar-refractivity contribution in [2.75, 3.05) is 11.4 Å². The summed E-state index contributed by atoms with van der Waals surface area (Å²) in [7, 11) is 0. The van der Waals surface area contributed by atoms with Gasteiger partial charge in [-0.2, -0.15) is 0 Å². The van der Waals surface area contributed by atoms with E-state index in [2.05, 4.69) is 50.8 Å². The first kappa shape index (κ1) is 13.4. The van der Waals surface area contributed by atoms with Crippen LogP contribution in [0.3, 0.4) is 0 Å². The van der Waals surface area contributed by atoms with Crippen LogP contribution in [-0.2, 0) is 6.42 Å². The maximum Gasteiger partial charge on any atom is 0.0433 e. The summed E-state index contributed by atoms with van der Waals surface area (Å²) in [5.41, 5.74) is 10.6. The third-order valence-corrected chi connectivity index (χ3v) is 4.25. The summed E-state index contributed by atoms with van der Waals surface area (Å²) in [5.74, 6) is 0. The van der Waals surface area contributed by atoms with Gasteiger partial charge in [-0.25, -0.2) is 0 Å². The summed E-state index contributed by atoms with van der Waals surface area (Å²) < 4.78 is 0. The number of para-hydroxylation sites is 1. The van der Waals surface area contributed by atoms with Gasteiger partial charge in [0.05, 0.1) is 0 Å². The van der Waals surface area contributed by atoms with E-state index in [1.54, 1.807) is 0 Å². The van der Waals surface area contributed by atoms with Crippen LogP contribution in [0.25, 0.3) is 0 Å². The van der Waals surface area contributed by atoms with E-state index in [9.17, 15) is 0 Å². The maximum absolute atomic E-state index is 6.18. The summed E-state index contributed by atoms with van der Waals surface area (Å²) in [6.45, 7) is 10.1. The van der Waals surface area contributed by atoms with Crippen LogP contribution < -0.4 is 10.6 Å². The Morgan fingerprint density at radius 1 is 1.39 bits per heavy atom. The molecule has 0 aliphatic carbocycles. The lowest BCUT2D eigenvalue weighted by Crippen LogP contribution is -2.55. The molecular formula is C16H26N2. The van der Waals surface area contributed by atoms with Crippen molar-refractivity contribution < 1.29 is 0 Å². The molecule has 1 atom stereocenters. The summed E-state index contributed by atoms with van der Waals surface area (Å²) in [6, 6.07) is 6.93. The lowest BCUT2D eigenvalue weighted by molar-refractivity contribution is 0.334. The molecule has 1 unspecified atom stereocenters. The smallest absolute Gasteiger partial charge is 0.0433 e. The van der Waals surface area contributed by atoms with Gasteiger partial charge in [0, 0.05) is 23.8 Å². The molecule has 2 heteroatoms. The number of anilines is 1. The van der Waals surface area contributed by atoms with E-state index >= 15 is 0 Å². The van der Waals surface area contributed by atoms with Gasteiger partial charge < -0.3 is 10.6 Å². The number of benzene rings is 1. The van der Waals surface area contributed by atoms with Crippen LogP contribution in [-0.4, -0.2) is 18.1 Å². The van der Waals surface area contributed by atoms with Crippen LogP contribution in [0.1, 0.15) is 44.7 Å². The molecular weight excluding hydrogens is 220 g/mol. The fourth-order valence-corrected chi connectivity index (χ4v) is 3.03. The summed E-state index contributed by atoms with van der Waals surface area (Å²) in [6.07, 6.45) is 3.39. The zero-order valence-electron chi connectivity index (χ0n) is 12.2. The van der Waals surface area contributed by atoms with Gasteiger partial charge in [0.15, 0.2) is 0 Å². The molecule has 1 aliphatic heterocycles. The highest BCUT2D eigenvalue weighted by molar-refractivity contribution is 5.61. The molecule has 1 fully saturated rings. The first-order valence-electron chi connectivity index (χ1n) is 7.07. The Kier molecular flexibility index (Phi) is 3.67. The molecule has 1 aromatic carbocycles. The lowest BCUT2D eigenvalue weighted by atomic mass is 9.86. The van der Waals surface area contributed by atoms with Crippen LogP contribution in [0.15, 0.2) is 18.2 Å². The molecule has 1 heterocycles. The van der Waals surface area contributed by atoms with Gasteiger partial charge >= 0.3 is 0 Å². The predicted octanol–water partition coefficient (Wildman–Crippen LogP) is 3.26. The molecule has 0 radical (unpaired) electrons. The topological polar surface area (TPSA) is 29.3 Å². The Morgan fingerprint density at radius 2 is 2.11 bits per heavy atom. The number of nitrogens with zero attached hydrogens (tertiary/aromatic N) is 1. The second-order valence-corrected chi connectivity index (χ2v) is 6.16. The van der Waals surface area contributed by atoms with E-state index in [4.69, 9.17) is 5.73 Å². The van der Waals surface area contributed by atoms with E-state index < -0.39 is 0 Å².